The van der Waals surface area contributed by atoms with Gasteiger partial charge in [-0.05, 0) is 43.2 Å². The van der Waals surface area contributed by atoms with E-state index < -0.39 is 0 Å². The normalized spacial score (nSPS) is 15.2. The molecule has 1 aliphatic rings. The lowest BCUT2D eigenvalue weighted by atomic mass is 9.96. The predicted molar refractivity (Wildman–Crippen MR) is 95.8 cm³/mol. The van der Waals surface area contributed by atoms with Gasteiger partial charge < -0.3 is 15.0 Å². The van der Waals surface area contributed by atoms with Crippen LogP contribution < -0.4 is 15.0 Å². The highest BCUT2D eigenvalue weighted by Crippen LogP contribution is 2.28. The molecule has 1 N–H and O–H groups in total. The van der Waals surface area contributed by atoms with E-state index in [2.05, 4.69) is 15.2 Å². The summed E-state index contributed by atoms with van der Waals surface area (Å²) in [6.45, 7) is 1.66. The number of methoxy groups -OCH3 is 1. The van der Waals surface area contributed by atoms with Gasteiger partial charge in [0.05, 0.1) is 12.1 Å². The van der Waals surface area contributed by atoms with Crippen LogP contribution in [0.5, 0.6) is 5.75 Å². The van der Waals surface area contributed by atoms with E-state index in [9.17, 15) is 4.79 Å². The van der Waals surface area contributed by atoms with Crippen LogP contribution in [0.25, 0.3) is 0 Å². The summed E-state index contributed by atoms with van der Waals surface area (Å²) in [6.07, 6.45) is 3.42. The van der Waals surface area contributed by atoms with Crippen molar-refractivity contribution in [2.75, 3.05) is 30.4 Å². The number of piperidine rings is 1. The molecule has 1 amide bonds. The molecule has 1 aliphatic heterocycles. The number of pyridine rings is 1. The first-order chi connectivity index (χ1) is 11.7. The molecule has 2 heterocycles. The summed E-state index contributed by atoms with van der Waals surface area (Å²) in [5.41, 5.74) is 0.693. The Balaban J connectivity index is 1.56. The molecule has 0 aliphatic carbocycles. The quantitative estimate of drug-likeness (QED) is 0.919. The highest BCUT2D eigenvalue weighted by molar-refractivity contribution is 6.32. The van der Waals surface area contributed by atoms with E-state index >= 15 is 0 Å². The lowest BCUT2D eigenvalue weighted by molar-refractivity contribution is -0.120. The number of benzene rings is 1. The molecule has 5 nitrogen and oxygen atoms in total. The van der Waals surface area contributed by atoms with Crippen LogP contribution in [0.1, 0.15) is 12.8 Å². The van der Waals surface area contributed by atoms with Crippen LogP contribution >= 0.6 is 11.6 Å². The second kappa shape index (κ2) is 7.53. The third-order valence-electron chi connectivity index (χ3n) is 4.26. The Morgan fingerprint density at radius 2 is 2.08 bits per heavy atom. The van der Waals surface area contributed by atoms with Crippen LogP contribution in [-0.4, -0.2) is 31.1 Å². The van der Waals surface area contributed by atoms with Crippen LogP contribution in [0.3, 0.4) is 0 Å². The van der Waals surface area contributed by atoms with Crippen molar-refractivity contribution in [1.29, 1.82) is 0 Å². The Kier molecular flexibility index (Phi) is 5.20. The molecular formula is C18H20ClN3O2. The Labute approximate surface area is 146 Å². The number of anilines is 2. The maximum absolute atomic E-state index is 12.5. The Morgan fingerprint density at radius 3 is 2.71 bits per heavy atom. The second-order valence-corrected chi connectivity index (χ2v) is 6.20. The number of amides is 1. The van der Waals surface area contributed by atoms with Crippen molar-refractivity contribution in [3.05, 3.63) is 47.6 Å². The smallest absolute Gasteiger partial charge is 0.227 e. The van der Waals surface area contributed by atoms with Crippen molar-refractivity contribution in [3.8, 4) is 5.75 Å². The van der Waals surface area contributed by atoms with Gasteiger partial charge in [0.25, 0.3) is 0 Å². The topological polar surface area (TPSA) is 54.5 Å². The molecule has 0 bridgehead atoms. The lowest BCUT2D eigenvalue weighted by Gasteiger charge is -2.32. The van der Waals surface area contributed by atoms with Gasteiger partial charge in [0, 0.05) is 30.9 Å². The minimum Gasteiger partial charge on any atom is -0.495 e. The molecule has 1 aromatic carbocycles. The molecule has 6 heteroatoms. The third-order valence-corrected chi connectivity index (χ3v) is 4.55. The van der Waals surface area contributed by atoms with E-state index in [1.165, 1.54) is 0 Å². The van der Waals surface area contributed by atoms with E-state index in [0.29, 0.717) is 16.5 Å². The number of nitrogens with zero attached hydrogens (tertiary/aromatic N) is 2. The van der Waals surface area contributed by atoms with Gasteiger partial charge in [0.15, 0.2) is 0 Å². The van der Waals surface area contributed by atoms with Crippen molar-refractivity contribution in [1.82, 2.24) is 4.98 Å². The molecule has 1 aromatic heterocycles. The fourth-order valence-electron chi connectivity index (χ4n) is 2.90. The van der Waals surface area contributed by atoms with Crippen molar-refractivity contribution in [2.45, 2.75) is 12.8 Å². The Hall–Kier alpha value is -2.27. The number of halogens is 1. The summed E-state index contributed by atoms with van der Waals surface area (Å²) in [4.78, 5) is 19.0. The van der Waals surface area contributed by atoms with E-state index in [-0.39, 0.29) is 11.8 Å². The summed E-state index contributed by atoms with van der Waals surface area (Å²) >= 11 is 6.10. The molecule has 3 rings (SSSR count). The number of carbonyl (C=O) groups excluding carboxylic acids is 1. The maximum Gasteiger partial charge on any atom is 0.227 e. The Morgan fingerprint density at radius 1 is 1.29 bits per heavy atom. The first kappa shape index (κ1) is 16.6. The number of carbonyl (C=O) groups is 1. The number of nitrogens with one attached hydrogen (secondary N) is 1. The summed E-state index contributed by atoms with van der Waals surface area (Å²) in [5.74, 6) is 1.61. The van der Waals surface area contributed by atoms with E-state index in [0.717, 1.165) is 31.7 Å². The summed E-state index contributed by atoms with van der Waals surface area (Å²) in [5, 5.41) is 3.43. The summed E-state index contributed by atoms with van der Waals surface area (Å²) < 4.78 is 5.12. The second-order valence-electron chi connectivity index (χ2n) is 5.79. The molecule has 0 saturated carbocycles. The lowest BCUT2D eigenvalue weighted by Crippen LogP contribution is -2.38. The average Bonchev–Trinajstić information content (AvgIpc) is 2.63. The summed E-state index contributed by atoms with van der Waals surface area (Å²) in [7, 11) is 1.56. The van der Waals surface area contributed by atoms with Gasteiger partial charge in [0.2, 0.25) is 5.91 Å². The van der Waals surface area contributed by atoms with Crippen molar-refractivity contribution in [2.24, 2.45) is 5.92 Å². The zero-order valence-electron chi connectivity index (χ0n) is 13.5. The van der Waals surface area contributed by atoms with Crippen LogP contribution in [0.4, 0.5) is 11.5 Å². The monoisotopic (exact) mass is 345 g/mol. The fraction of sp³-hybridized carbons (Fsp3) is 0.333. The van der Waals surface area contributed by atoms with Crippen LogP contribution in [0.15, 0.2) is 42.6 Å². The fourth-order valence-corrected chi connectivity index (χ4v) is 3.16. The van der Waals surface area contributed by atoms with Crippen LogP contribution in [0.2, 0.25) is 5.02 Å². The minimum absolute atomic E-state index is 0.00541. The number of ether oxygens (including phenoxy) is 1. The van der Waals surface area contributed by atoms with Gasteiger partial charge in [-0.1, -0.05) is 17.7 Å². The number of hydrogen-bond donors (Lipinski definition) is 1. The van der Waals surface area contributed by atoms with Crippen LogP contribution in [-0.2, 0) is 4.79 Å². The maximum atomic E-state index is 12.5. The molecule has 126 valence electrons. The molecule has 1 fully saturated rings. The van der Waals surface area contributed by atoms with E-state index in [4.69, 9.17) is 16.3 Å². The van der Waals surface area contributed by atoms with E-state index in [1.807, 2.05) is 18.2 Å². The molecule has 1 saturated heterocycles. The molecular weight excluding hydrogens is 326 g/mol. The number of aromatic nitrogens is 1. The number of hydrogen-bond acceptors (Lipinski definition) is 4. The van der Waals surface area contributed by atoms with Crippen molar-refractivity contribution in [3.63, 3.8) is 0 Å². The highest BCUT2D eigenvalue weighted by Gasteiger charge is 2.25. The first-order valence-corrected chi connectivity index (χ1v) is 8.35. The van der Waals surface area contributed by atoms with Gasteiger partial charge in [-0.3, -0.25) is 4.79 Å². The predicted octanol–water partition coefficient (Wildman–Crippen LogP) is 3.60. The molecule has 0 atom stereocenters. The molecule has 24 heavy (non-hydrogen) atoms. The minimum atomic E-state index is 0.00541. The SMILES string of the molecule is COc1ccc(NC(=O)C2CCN(c3ccccn3)CC2)cc1Cl. The van der Waals surface area contributed by atoms with Gasteiger partial charge in [-0.2, -0.15) is 0 Å². The zero-order chi connectivity index (χ0) is 16.9. The molecule has 2 aromatic rings. The van der Waals surface area contributed by atoms with Crippen molar-refractivity contribution < 1.29 is 9.53 Å². The first-order valence-electron chi connectivity index (χ1n) is 7.98. The average molecular weight is 346 g/mol. The van der Waals surface area contributed by atoms with Gasteiger partial charge in [0.1, 0.15) is 11.6 Å². The largest absolute Gasteiger partial charge is 0.495 e. The van der Waals surface area contributed by atoms with Gasteiger partial charge in [-0.15, -0.1) is 0 Å². The van der Waals surface area contributed by atoms with E-state index in [1.54, 1.807) is 31.5 Å². The number of rotatable bonds is 4. The standard InChI is InChI=1S/C18H20ClN3O2/c1-24-16-6-5-14(12-15(16)19)21-18(23)13-7-10-22(11-8-13)17-4-2-3-9-20-17/h2-6,9,12-13H,7-8,10-11H2,1H3,(H,21,23). The molecule has 0 radical (unpaired) electrons. The summed E-state index contributed by atoms with van der Waals surface area (Å²) in [6, 6.07) is 11.1. The third kappa shape index (κ3) is 3.79. The van der Waals surface area contributed by atoms with Gasteiger partial charge in [-0.25, -0.2) is 4.98 Å². The highest BCUT2D eigenvalue weighted by atomic mass is 35.5. The van der Waals surface area contributed by atoms with Crippen molar-refractivity contribution >= 4 is 29.0 Å². The zero-order valence-corrected chi connectivity index (χ0v) is 14.3. The van der Waals surface area contributed by atoms with Crippen LogP contribution in [0, 0.1) is 5.92 Å². The molecule has 0 spiro atoms. The van der Waals surface area contributed by atoms with Gasteiger partial charge >= 0.3 is 0 Å². The Bertz CT molecular complexity index is 701. The molecule has 0 unspecified atom stereocenters.